The fourth-order valence-corrected chi connectivity index (χ4v) is 2.80. The largest absolute Gasteiger partial charge is 0.492 e. The van der Waals surface area contributed by atoms with Gasteiger partial charge in [0.25, 0.3) is 0 Å². The summed E-state index contributed by atoms with van der Waals surface area (Å²) in [7, 11) is -3.19. The van der Waals surface area contributed by atoms with Crippen molar-refractivity contribution in [2.24, 2.45) is 11.8 Å². The second-order valence-electron chi connectivity index (χ2n) is 5.59. The van der Waals surface area contributed by atoms with Crippen LogP contribution in [0.2, 0.25) is 0 Å². The number of amides is 1. The van der Waals surface area contributed by atoms with Gasteiger partial charge in [0.05, 0.1) is 11.4 Å². The molecule has 1 unspecified atom stereocenters. The summed E-state index contributed by atoms with van der Waals surface area (Å²) >= 11 is 0. The second-order valence-corrected chi connectivity index (χ2v) is 7.61. The molecule has 8 heteroatoms. The Hall–Kier alpha value is -1.31. The Kier molecular flexibility index (Phi) is 7.31. The van der Waals surface area contributed by atoms with Gasteiger partial charge in [-0.25, -0.2) is 8.42 Å². The molecule has 1 aliphatic rings. The van der Waals surface area contributed by atoms with Gasteiger partial charge in [-0.3, -0.25) is 4.79 Å². The lowest BCUT2D eigenvalue weighted by Gasteiger charge is -2.31. The molecular weight excluding hydrogens is 340 g/mol. The average molecular weight is 363 g/mol. The van der Waals surface area contributed by atoms with E-state index in [-0.39, 0.29) is 29.1 Å². The maximum Gasteiger partial charge on any atom is 0.223 e. The molecule has 1 atom stereocenters. The SMILES string of the molecule is CC(C(=O)NCCOc1ccc(S(C)(=O)=O)cc1)C1CNC1.Cl. The fourth-order valence-electron chi connectivity index (χ4n) is 2.17. The Morgan fingerprint density at radius 1 is 1.35 bits per heavy atom. The first kappa shape index (κ1) is 19.7. The Labute approximate surface area is 143 Å². The van der Waals surface area contributed by atoms with Crippen molar-refractivity contribution in [3.05, 3.63) is 24.3 Å². The van der Waals surface area contributed by atoms with Crippen LogP contribution in [0.25, 0.3) is 0 Å². The molecule has 1 heterocycles. The summed E-state index contributed by atoms with van der Waals surface area (Å²) in [6, 6.07) is 6.24. The first-order chi connectivity index (χ1) is 10.4. The summed E-state index contributed by atoms with van der Waals surface area (Å²) in [5, 5.41) is 6.00. The molecular formula is C15H23ClN2O4S. The van der Waals surface area contributed by atoms with E-state index in [0.29, 0.717) is 24.8 Å². The summed E-state index contributed by atoms with van der Waals surface area (Å²) < 4.78 is 28.2. The molecule has 2 N–H and O–H groups in total. The van der Waals surface area contributed by atoms with Gasteiger partial charge in [-0.1, -0.05) is 6.92 Å². The van der Waals surface area contributed by atoms with Gasteiger partial charge in [0.1, 0.15) is 12.4 Å². The highest BCUT2D eigenvalue weighted by Gasteiger charge is 2.28. The number of halogens is 1. The lowest BCUT2D eigenvalue weighted by Crippen LogP contribution is -2.49. The van der Waals surface area contributed by atoms with Crippen LogP contribution in [-0.4, -0.2) is 46.8 Å². The zero-order chi connectivity index (χ0) is 16.2. The molecule has 2 rings (SSSR count). The zero-order valence-electron chi connectivity index (χ0n) is 13.2. The number of carbonyl (C=O) groups is 1. The van der Waals surface area contributed by atoms with Gasteiger partial charge in [0.2, 0.25) is 5.91 Å². The molecule has 0 aromatic heterocycles. The fraction of sp³-hybridized carbons (Fsp3) is 0.533. The van der Waals surface area contributed by atoms with Crippen LogP contribution in [0, 0.1) is 11.8 Å². The van der Waals surface area contributed by atoms with Gasteiger partial charge in [-0.05, 0) is 43.3 Å². The molecule has 1 saturated heterocycles. The lowest BCUT2D eigenvalue weighted by molar-refractivity contribution is -0.126. The van der Waals surface area contributed by atoms with E-state index in [1.165, 1.54) is 12.1 Å². The molecule has 6 nitrogen and oxygen atoms in total. The number of benzene rings is 1. The minimum absolute atomic E-state index is 0. The van der Waals surface area contributed by atoms with Crippen molar-refractivity contribution in [3.63, 3.8) is 0 Å². The highest BCUT2D eigenvalue weighted by atomic mass is 35.5. The summed E-state index contributed by atoms with van der Waals surface area (Å²) in [6.45, 7) is 4.51. The summed E-state index contributed by atoms with van der Waals surface area (Å²) in [5.74, 6) is 1.06. The minimum Gasteiger partial charge on any atom is -0.492 e. The van der Waals surface area contributed by atoms with Crippen LogP contribution < -0.4 is 15.4 Å². The molecule has 0 radical (unpaired) electrons. The van der Waals surface area contributed by atoms with E-state index < -0.39 is 9.84 Å². The molecule has 130 valence electrons. The molecule has 1 aliphatic heterocycles. The second kappa shape index (κ2) is 8.52. The maximum absolute atomic E-state index is 11.9. The van der Waals surface area contributed by atoms with E-state index in [4.69, 9.17) is 4.74 Å². The van der Waals surface area contributed by atoms with E-state index in [2.05, 4.69) is 10.6 Å². The molecule has 23 heavy (non-hydrogen) atoms. The topological polar surface area (TPSA) is 84.5 Å². The first-order valence-electron chi connectivity index (χ1n) is 7.29. The Morgan fingerprint density at radius 3 is 2.43 bits per heavy atom. The number of nitrogens with one attached hydrogen (secondary N) is 2. The Bertz CT molecular complexity index is 615. The first-order valence-corrected chi connectivity index (χ1v) is 9.18. The lowest BCUT2D eigenvalue weighted by atomic mass is 9.88. The molecule has 0 saturated carbocycles. The third-order valence-corrected chi connectivity index (χ3v) is 4.98. The third-order valence-electron chi connectivity index (χ3n) is 3.86. The van der Waals surface area contributed by atoms with E-state index in [1.54, 1.807) is 12.1 Å². The Morgan fingerprint density at radius 2 is 1.96 bits per heavy atom. The van der Waals surface area contributed by atoms with Crippen molar-refractivity contribution in [1.29, 1.82) is 0 Å². The van der Waals surface area contributed by atoms with Crippen LogP contribution >= 0.6 is 12.4 Å². The molecule has 0 aliphatic carbocycles. The van der Waals surface area contributed by atoms with Crippen molar-refractivity contribution in [3.8, 4) is 5.75 Å². The minimum atomic E-state index is -3.19. The number of rotatable bonds is 7. The van der Waals surface area contributed by atoms with Crippen LogP contribution in [0.4, 0.5) is 0 Å². The summed E-state index contributed by atoms with van der Waals surface area (Å²) in [6.07, 6.45) is 1.16. The summed E-state index contributed by atoms with van der Waals surface area (Å²) in [5.41, 5.74) is 0. The van der Waals surface area contributed by atoms with Crippen LogP contribution in [0.15, 0.2) is 29.2 Å². The van der Waals surface area contributed by atoms with Crippen molar-refractivity contribution < 1.29 is 17.9 Å². The molecule has 0 bridgehead atoms. The number of ether oxygens (including phenoxy) is 1. The van der Waals surface area contributed by atoms with Gasteiger partial charge in [0, 0.05) is 12.2 Å². The van der Waals surface area contributed by atoms with Gasteiger partial charge in [0.15, 0.2) is 9.84 Å². The zero-order valence-corrected chi connectivity index (χ0v) is 14.9. The summed E-state index contributed by atoms with van der Waals surface area (Å²) in [4.78, 5) is 12.1. The predicted octanol–water partition coefficient (Wildman–Crippen LogP) is 0.862. The molecule has 0 spiro atoms. The van der Waals surface area contributed by atoms with Crippen molar-refractivity contribution >= 4 is 28.2 Å². The van der Waals surface area contributed by atoms with E-state index in [0.717, 1.165) is 19.3 Å². The average Bonchev–Trinajstić information content (AvgIpc) is 2.41. The van der Waals surface area contributed by atoms with Crippen molar-refractivity contribution in [1.82, 2.24) is 10.6 Å². The predicted molar refractivity (Wildman–Crippen MR) is 90.8 cm³/mol. The normalized spacial score (nSPS) is 15.9. The highest BCUT2D eigenvalue weighted by molar-refractivity contribution is 7.90. The van der Waals surface area contributed by atoms with Gasteiger partial charge >= 0.3 is 0 Å². The van der Waals surface area contributed by atoms with Crippen molar-refractivity contribution in [2.45, 2.75) is 11.8 Å². The maximum atomic E-state index is 11.9. The molecule has 1 fully saturated rings. The number of carbonyl (C=O) groups excluding carboxylic acids is 1. The van der Waals surface area contributed by atoms with E-state index in [1.807, 2.05) is 6.92 Å². The third kappa shape index (κ3) is 5.67. The van der Waals surface area contributed by atoms with Crippen molar-refractivity contribution in [2.75, 3.05) is 32.5 Å². The van der Waals surface area contributed by atoms with Crippen LogP contribution in [-0.2, 0) is 14.6 Å². The molecule has 1 aromatic rings. The highest BCUT2D eigenvalue weighted by Crippen LogP contribution is 2.16. The van der Waals surface area contributed by atoms with Gasteiger partial charge in [-0.15, -0.1) is 12.4 Å². The molecule has 1 aromatic carbocycles. The Balaban J connectivity index is 0.00000264. The quantitative estimate of drug-likeness (QED) is 0.703. The van der Waals surface area contributed by atoms with Gasteiger partial charge in [-0.2, -0.15) is 0 Å². The van der Waals surface area contributed by atoms with E-state index >= 15 is 0 Å². The van der Waals surface area contributed by atoms with Crippen LogP contribution in [0.5, 0.6) is 5.75 Å². The van der Waals surface area contributed by atoms with Crippen LogP contribution in [0.1, 0.15) is 6.92 Å². The van der Waals surface area contributed by atoms with Crippen LogP contribution in [0.3, 0.4) is 0 Å². The number of hydrogen-bond donors (Lipinski definition) is 2. The van der Waals surface area contributed by atoms with Gasteiger partial charge < -0.3 is 15.4 Å². The monoisotopic (exact) mass is 362 g/mol. The standard InChI is InChI=1S/C15H22N2O4S.ClH/c1-11(12-9-16-10-12)15(18)17-7-8-21-13-3-5-14(6-4-13)22(2,19)20;/h3-6,11-12,16H,7-10H2,1-2H3,(H,17,18);1H. The number of hydrogen-bond acceptors (Lipinski definition) is 5. The molecule has 1 amide bonds. The smallest absolute Gasteiger partial charge is 0.223 e. The van der Waals surface area contributed by atoms with E-state index in [9.17, 15) is 13.2 Å². The number of sulfone groups is 1.